The van der Waals surface area contributed by atoms with Crippen molar-refractivity contribution in [3.05, 3.63) is 75.6 Å². The number of fused-ring (bicyclic) bond motifs is 1. The van der Waals surface area contributed by atoms with Crippen molar-refractivity contribution in [3.63, 3.8) is 0 Å². The van der Waals surface area contributed by atoms with Gasteiger partial charge in [0.15, 0.2) is 6.61 Å². The van der Waals surface area contributed by atoms with Crippen LogP contribution in [0.15, 0.2) is 63.8 Å². The fraction of sp³-hybridized carbons (Fsp3) is 0.111. The van der Waals surface area contributed by atoms with Gasteiger partial charge in [0.2, 0.25) is 0 Å². The molecule has 2 aromatic carbocycles. The van der Waals surface area contributed by atoms with Gasteiger partial charge in [-0.25, -0.2) is 9.59 Å². The molecule has 0 radical (unpaired) electrons. The summed E-state index contributed by atoms with van der Waals surface area (Å²) in [4.78, 5) is 23.0. The van der Waals surface area contributed by atoms with Crippen LogP contribution in [0.3, 0.4) is 0 Å². The number of rotatable bonds is 5. The molecular weight excluding hydrogens is 332 g/mol. The van der Waals surface area contributed by atoms with Crippen molar-refractivity contribution in [2.24, 2.45) is 0 Å². The molecule has 3 aromatic rings. The Bertz CT molecular complexity index is 932. The Morgan fingerprint density at radius 1 is 1.08 bits per heavy atom. The minimum absolute atomic E-state index is 0.0778. The summed E-state index contributed by atoms with van der Waals surface area (Å²) in [6.07, 6.45) is 0. The summed E-state index contributed by atoms with van der Waals surface area (Å²) in [6.45, 7) is -0.179. The van der Waals surface area contributed by atoms with Crippen molar-refractivity contribution in [2.75, 3.05) is 6.61 Å². The number of hydrogen-bond donors (Lipinski definition) is 0. The standard InChI is InChI=1S/C18H13ClO5/c19-15-4-2-1-3-13(15)10-23-18(21)11-22-14-7-5-12-6-8-17(20)24-16(12)9-14/h1-9H,10-11H2. The SMILES string of the molecule is O=C(COc1ccc2ccc(=O)oc2c1)OCc1ccccc1Cl. The van der Waals surface area contributed by atoms with Crippen LogP contribution in [-0.4, -0.2) is 12.6 Å². The zero-order valence-electron chi connectivity index (χ0n) is 12.5. The largest absolute Gasteiger partial charge is 0.482 e. The van der Waals surface area contributed by atoms with Crippen LogP contribution in [0.2, 0.25) is 5.02 Å². The summed E-state index contributed by atoms with van der Waals surface area (Å²) < 4.78 is 15.5. The van der Waals surface area contributed by atoms with E-state index < -0.39 is 11.6 Å². The Morgan fingerprint density at radius 3 is 2.71 bits per heavy atom. The van der Waals surface area contributed by atoms with E-state index in [0.717, 1.165) is 10.9 Å². The molecule has 0 atom stereocenters. The molecule has 0 aliphatic carbocycles. The van der Waals surface area contributed by atoms with E-state index >= 15 is 0 Å². The number of halogens is 1. The summed E-state index contributed by atoms with van der Waals surface area (Å²) in [5, 5.41) is 1.30. The first kappa shape index (κ1) is 16.1. The normalized spacial score (nSPS) is 10.5. The zero-order chi connectivity index (χ0) is 16.9. The molecule has 3 rings (SSSR count). The van der Waals surface area contributed by atoms with Crippen molar-refractivity contribution < 1.29 is 18.7 Å². The summed E-state index contributed by atoms with van der Waals surface area (Å²) in [6, 6.07) is 15.1. The molecule has 0 spiro atoms. The first-order chi connectivity index (χ1) is 11.6. The summed E-state index contributed by atoms with van der Waals surface area (Å²) in [5.41, 5.74) is 0.670. The second-order valence-corrected chi connectivity index (χ2v) is 5.40. The third kappa shape index (κ3) is 3.94. The van der Waals surface area contributed by atoms with Gasteiger partial charge in [-0.15, -0.1) is 0 Å². The topological polar surface area (TPSA) is 65.7 Å². The van der Waals surface area contributed by atoms with E-state index in [1.165, 1.54) is 6.07 Å². The highest BCUT2D eigenvalue weighted by Gasteiger charge is 2.08. The molecule has 0 aliphatic heterocycles. The predicted molar refractivity (Wildman–Crippen MR) is 89.2 cm³/mol. The van der Waals surface area contributed by atoms with Crippen LogP contribution in [-0.2, 0) is 16.1 Å². The molecule has 24 heavy (non-hydrogen) atoms. The molecule has 5 nitrogen and oxygen atoms in total. The smallest absolute Gasteiger partial charge is 0.344 e. The van der Waals surface area contributed by atoms with E-state index in [-0.39, 0.29) is 13.2 Å². The van der Waals surface area contributed by atoms with E-state index in [0.29, 0.717) is 16.4 Å². The highest BCUT2D eigenvalue weighted by atomic mass is 35.5. The number of esters is 1. The lowest BCUT2D eigenvalue weighted by Gasteiger charge is -2.08. The molecule has 0 amide bonds. The maximum Gasteiger partial charge on any atom is 0.344 e. The van der Waals surface area contributed by atoms with E-state index in [9.17, 15) is 9.59 Å². The lowest BCUT2D eigenvalue weighted by molar-refractivity contribution is -0.147. The minimum atomic E-state index is -0.524. The molecule has 122 valence electrons. The molecule has 1 heterocycles. The lowest BCUT2D eigenvalue weighted by atomic mass is 10.2. The van der Waals surface area contributed by atoms with Gasteiger partial charge in [0.1, 0.15) is 17.9 Å². The summed E-state index contributed by atoms with van der Waals surface area (Å²) in [5.74, 6) is -0.115. The number of benzene rings is 2. The van der Waals surface area contributed by atoms with Crippen LogP contribution in [0.25, 0.3) is 11.0 Å². The third-order valence-corrected chi connectivity index (χ3v) is 3.67. The molecule has 6 heteroatoms. The van der Waals surface area contributed by atoms with Crippen molar-refractivity contribution in [2.45, 2.75) is 6.61 Å². The van der Waals surface area contributed by atoms with Crippen molar-refractivity contribution in [3.8, 4) is 5.75 Å². The van der Waals surface area contributed by atoms with Gasteiger partial charge in [0.25, 0.3) is 0 Å². The van der Waals surface area contributed by atoms with Gasteiger partial charge in [-0.2, -0.15) is 0 Å². The van der Waals surface area contributed by atoms with Crippen LogP contribution >= 0.6 is 11.6 Å². The Morgan fingerprint density at radius 2 is 1.88 bits per heavy atom. The highest BCUT2D eigenvalue weighted by Crippen LogP contribution is 2.19. The quantitative estimate of drug-likeness (QED) is 0.523. The zero-order valence-corrected chi connectivity index (χ0v) is 13.3. The van der Waals surface area contributed by atoms with E-state index in [4.69, 9.17) is 25.5 Å². The average molecular weight is 345 g/mol. The maximum absolute atomic E-state index is 11.8. The predicted octanol–water partition coefficient (Wildman–Crippen LogP) is 3.57. The molecule has 0 aliphatic rings. The Hall–Kier alpha value is -2.79. The number of carbonyl (C=O) groups excluding carboxylic acids is 1. The van der Waals surface area contributed by atoms with Gasteiger partial charge >= 0.3 is 11.6 Å². The molecular formula is C18H13ClO5. The van der Waals surface area contributed by atoms with Crippen LogP contribution in [0, 0.1) is 0 Å². The molecule has 0 saturated carbocycles. The fourth-order valence-corrected chi connectivity index (χ4v) is 2.28. The van der Waals surface area contributed by atoms with Gasteiger partial charge in [0.05, 0.1) is 0 Å². The first-order valence-electron chi connectivity index (χ1n) is 7.17. The number of ether oxygens (including phenoxy) is 2. The van der Waals surface area contributed by atoms with E-state index in [1.54, 1.807) is 42.5 Å². The van der Waals surface area contributed by atoms with Crippen LogP contribution in [0.5, 0.6) is 5.75 Å². The van der Waals surface area contributed by atoms with Gasteiger partial charge in [-0.1, -0.05) is 29.8 Å². The van der Waals surface area contributed by atoms with Gasteiger partial charge in [0, 0.05) is 28.1 Å². The fourth-order valence-electron chi connectivity index (χ4n) is 2.09. The molecule has 0 unspecified atom stereocenters. The van der Waals surface area contributed by atoms with Crippen molar-refractivity contribution in [1.29, 1.82) is 0 Å². The second-order valence-electron chi connectivity index (χ2n) is 4.99. The number of hydrogen-bond acceptors (Lipinski definition) is 5. The minimum Gasteiger partial charge on any atom is -0.482 e. The second kappa shape index (κ2) is 7.19. The monoisotopic (exact) mass is 344 g/mol. The van der Waals surface area contributed by atoms with Crippen LogP contribution in [0.1, 0.15) is 5.56 Å². The van der Waals surface area contributed by atoms with Crippen molar-refractivity contribution in [1.82, 2.24) is 0 Å². The first-order valence-corrected chi connectivity index (χ1v) is 7.55. The summed E-state index contributed by atoms with van der Waals surface area (Å²) in [7, 11) is 0. The maximum atomic E-state index is 11.8. The van der Waals surface area contributed by atoms with E-state index in [1.807, 2.05) is 6.07 Å². The molecule has 1 aromatic heterocycles. The third-order valence-electron chi connectivity index (χ3n) is 3.30. The lowest BCUT2D eigenvalue weighted by Crippen LogP contribution is -2.14. The number of carbonyl (C=O) groups is 1. The van der Waals surface area contributed by atoms with Gasteiger partial charge in [-0.05, 0) is 24.3 Å². The van der Waals surface area contributed by atoms with Gasteiger partial charge in [-0.3, -0.25) is 0 Å². The Balaban J connectivity index is 1.58. The van der Waals surface area contributed by atoms with Crippen LogP contribution < -0.4 is 10.4 Å². The van der Waals surface area contributed by atoms with Gasteiger partial charge < -0.3 is 13.9 Å². The van der Waals surface area contributed by atoms with E-state index in [2.05, 4.69) is 0 Å². The Kier molecular flexibility index (Phi) is 4.82. The molecule has 0 saturated heterocycles. The van der Waals surface area contributed by atoms with Crippen LogP contribution in [0.4, 0.5) is 0 Å². The van der Waals surface area contributed by atoms with Crippen molar-refractivity contribution >= 4 is 28.5 Å². The Labute approximate surface area is 142 Å². The molecule has 0 fully saturated rings. The average Bonchev–Trinajstić information content (AvgIpc) is 2.59. The summed E-state index contributed by atoms with van der Waals surface area (Å²) >= 11 is 5.99. The highest BCUT2D eigenvalue weighted by molar-refractivity contribution is 6.31. The molecule has 0 N–H and O–H groups in total. The molecule has 0 bridgehead atoms.